The zero-order valence-corrected chi connectivity index (χ0v) is 17.4. The van der Waals surface area contributed by atoms with Gasteiger partial charge in [0.05, 0.1) is 19.3 Å². The van der Waals surface area contributed by atoms with Crippen LogP contribution in [0.15, 0.2) is 54.6 Å². The summed E-state index contributed by atoms with van der Waals surface area (Å²) >= 11 is 0. The van der Waals surface area contributed by atoms with Crippen LogP contribution in [0.25, 0.3) is 0 Å². The van der Waals surface area contributed by atoms with Gasteiger partial charge in [0, 0.05) is 32.7 Å². The van der Waals surface area contributed by atoms with Crippen molar-refractivity contribution >= 4 is 5.69 Å². The first-order valence-corrected chi connectivity index (χ1v) is 9.73. The fourth-order valence-corrected chi connectivity index (χ4v) is 3.63. The Kier molecular flexibility index (Phi) is 7.43. The molecule has 1 aliphatic heterocycles. The monoisotopic (exact) mass is 413 g/mol. The maximum absolute atomic E-state index is 5.50. The fourth-order valence-electron chi connectivity index (χ4n) is 3.63. The highest BCUT2D eigenvalue weighted by Crippen LogP contribution is 2.28. The Morgan fingerprint density at radius 3 is 2.41 bits per heavy atom. The molecule has 7 nitrogen and oxygen atoms in total. The molecule has 1 saturated heterocycles. The summed E-state index contributed by atoms with van der Waals surface area (Å²) in [5.41, 5.74) is 2.46. The van der Waals surface area contributed by atoms with Crippen LogP contribution in [0.2, 0.25) is 0 Å². The van der Waals surface area contributed by atoms with Crippen molar-refractivity contribution in [1.82, 2.24) is 25.1 Å². The molecule has 3 aromatic rings. The van der Waals surface area contributed by atoms with Crippen LogP contribution in [0.4, 0.5) is 5.69 Å². The fraction of sp³-hybridized carbons (Fsp3) is 0.381. The van der Waals surface area contributed by atoms with Crippen LogP contribution in [0, 0.1) is 0 Å². The van der Waals surface area contributed by atoms with Gasteiger partial charge < -0.3 is 22.0 Å². The number of hydrogen-bond acceptors (Lipinski definition) is 6. The number of nitrogens with zero attached hydrogens (tertiary/aromatic N) is 6. The Labute approximate surface area is 177 Å². The van der Waals surface area contributed by atoms with E-state index in [-0.39, 0.29) is 12.4 Å². The maximum Gasteiger partial charge on any atom is 0.165 e. The summed E-state index contributed by atoms with van der Waals surface area (Å²) in [5, 5.41) is 12.3. The lowest BCUT2D eigenvalue weighted by molar-refractivity contribution is -0.00000614. The Morgan fingerprint density at radius 2 is 1.66 bits per heavy atom. The number of ether oxygens (including phenoxy) is 1. The predicted octanol–water partition coefficient (Wildman–Crippen LogP) is -0.749. The normalized spacial score (nSPS) is 14.4. The lowest BCUT2D eigenvalue weighted by atomic mass is 10.1. The first-order valence-electron chi connectivity index (χ1n) is 9.73. The number of piperazine rings is 1. The first kappa shape index (κ1) is 21.1. The van der Waals surface area contributed by atoms with Gasteiger partial charge in [0.1, 0.15) is 5.75 Å². The van der Waals surface area contributed by atoms with Gasteiger partial charge in [-0.05, 0) is 34.5 Å². The number of aromatic nitrogens is 4. The van der Waals surface area contributed by atoms with Crippen molar-refractivity contribution in [3.63, 3.8) is 0 Å². The highest BCUT2D eigenvalue weighted by Gasteiger charge is 2.21. The maximum atomic E-state index is 5.50. The van der Waals surface area contributed by atoms with E-state index in [1.807, 2.05) is 22.9 Å². The van der Waals surface area contributed by atoms with Crippen molar-refractivity contribution in [2.45, 2.75) is 19.5 Å². The van der Waals surface area contributed by atoms with Gasteiger partial charge in [-0.3, -0.25) is 4.90 Å². The summed E-state index contributed by atoms with van der Waals surface area (Å²) in [6.45, 7) is 5.46. The average molecular weight is 414 g/mol. The van der Waals surface area contributed by atoms with E-state index in [1.165, 1.54) is 5.56 Å². The van der Waals surface area contributed by atoms with Crippen molar-refractivity contribution in [3.8, 4) is 5.75 Å². The molecule has 0 amide bonds. The van der Waals surface area contributed by atoms with Gasteiger partial charge in [0.25, 0.3) is 0 Å². The molecule has 2 heterocycles. The zero-order valence-electron chi connectivity index (χ0n) is 16.6. The molecular formula is C21H26ClN6O-. The van der Waals surface area contributed by atoms with Crippen LogP contribution >= 0.6 is 0 Å². The highest BCUT2D eigenvalue weighted by atomic mass is 35.5. The van der Waals surface area contributed by atoms with Gasteiger partial charge in [-0.2, -0.15) is 0 Å². The van der Waals surface area contributed by atoms with Crippen molar-refractivity contribution < 1.29 is 17.1 Å². The molecule has 2 aromatic carbocycles. The molecule has 0 bridgehead atoms. The molecule has 4 rings (SSSR count). The molecule has 0 saturated carbocycles. The summed E-state index contributed by atoms with van der Waals surface area (Å²) in [7, 11) is 1.73. The molecule has 29 heavy (non-hydrogen) atoms. The number of halogens is 1. The van der Waals surface area contributed by atoms with E-state index in [2.05, 4.69) is 61.7 Å². The van der Waals surface area contributed by atoms with E-state index in [4.69, 9.17) is 4.74 Å². The number of rotatable bonds is 7. The topological polar surface area (TPSA) is 59.3 Å². The summed E-state index contributed by atoms with van der Waals surface area (Å²) in [6.07, 6.45) is 0.931. The van der Waals surface area contributed by atoms with Crippen molar-refractivity contribution in [1.29, 1.82) is 0 Å². The molecule has 1 aliphatic rings. The molecule has 1 fully saturated rings. The number of methoxy groups -OCH3 is 1. The first-order chi connectivity index (χ1) is 13.8. The number of para-hydroxylation sites is 2. The SMILES string of the molecule is COc1ccccc1N1CCN(Cc2nnnn2CCc2ccccc2)CC1.[Cl-]. The van der Waals surface area contributed by atoms with Gasteiger partial charge in [-0.25, -0.2) is 4.68 Å². The third-order valence-corrected chi connectivity index (χ3v) is 5.22. The van der Waals surface area contributed by atoms with E-state index < -0.39 is 0 Å². The lowest BCUT2D eigenvalue weighted by Crippen LogP contribution is -3.00. The van der Waals surface area contributed by atoms with E-state index in [0.29, 0.717) is 0 Å². The van der Waals surface area contributed by atoms with Gasteiger partial charge >= 0.3 is 0 Å². The van der Waals surface area contributed by atoms with Crippen LogP contribution < -0.4 is 22.0 Å². The Balaban J connectivity index is 0.00000240. The van der Waals surface area contributed by atoms with Gasteiger partial charge in [0.2, 0.25) is 0 Å². The lowest BCUT2D eigenvalue weighted by Gasteiger charge is -2.36. The predicted molar refractivity (Wildman–Crippen MR) is 108 cm³/mol. The summed E-state index contributed by atoms with van der Waals surface area (Å²) < 4.78 is 7.43. The van der Waals surface area contributed by atoms with Gasteiger partial charge in [-0.15, -0.1) is 5.10 Å². The molecule has 0 atom stereocenters. The zero-order chi connectivity index (χ0) is 19.2. The second-order valence-electron chi connectivity index (χ2n) is 6.99. The summed E-state index contributed by atoms with van der Waals surface area (Å²) in [6, 6.07) is 18.7. The Hall–Kier alpha value is -2.64. The summed E-state index contributed by atoms with van der Waals surface area (Å²) in [4.78, 5) is 4.80. The van der Waals surface area contributed by atoms with Crippen LogP contribution in [-0.4, -0.2) is 58.4 Å². The molecule has 0 unspecified atom stereocenters. The van der Waals surface area contributed by atoms with Crippen molar-refractivity contribution in [3.05, 3.63) is 66.0 Å². The second kappa shape index (κ2) is 10.2. The molecule has 1 aromatic heterocycles. The average Bonchev–Trinajstić information content (AvgIpc) is 3.20. The smallest absolute Gasteiger partial charge is 0.165 e. The van der Waals surface area contributed by atoms with Gasteiger partial charge in [-0.1, -0.05) is 42.5 Å². The highest BCUT2D eigenvalue weighted by molar-refractivity contribution is 5.58. The third-order valence-electron chi connectivity index (χ3n) is 5.22. The minimum absolute atomic E-state index is 0. The minimum atomic E-state index is 0. The number of benzene rings is 2. The molecule has 0 N–H and O–H groups in total. The molecule has 8 heteroatoms. The van der Waals surface area contributed by atoms with E-state index in [1.54, 1.807) is 7.11 Å². The standard InChI is InChI=1S/C21H26N6O.ClH/c1-28-20-10-6-5-9-19(20)26-15-13-25(14-16-26)17-21-22-23-24-27(21)12-11-18-7-3-2-4-8-18;/h2-10H,11-17H2,1H3;1H/p-1. The van der Waals surface area contributed by atoms with Crippen LogP contribution in [0.5, 0.6) is 5.75 Å². The molecule has 0 aliphatic carbocycles. The Morgan fingerprint density at radius 1 is 0.931 bits per heavy atom. The minimum Gasteiger partial charge on any atom is -1.00 e. The summed E-state index contributed by atoms with van der Waals surface area (Å²) in [5.74, 6) is 1.86. The van der Waals surface area contributed by atoms with Crippen molar-refractivity contribution in [2.24, 2.45) is 0 Å². The molecule has 154 valence electrons. The number of tetrazole rings is 1. The largest absolute Gasteiger partial charge is 1.00 e. The quantitative estimate of drug-likeness (QED) is 0.508. The van der Waals surface area contributed by atoms with Crippen LogP contribution in [0.3, 0.4) is 0 Å². The van der Waals surface area contributed by atoms with E-state index in [9.17, 15) is 0 Å². The van der Waals surface area contributed by atoms with Crippen molar-refractivity contribution in [2.75, 3.05) is 38.2 Å². The molecular weight excluding hydrogens is 388 g/mol. The number of anilines is 1. The Bertz CT molecular complexity index is 880. The van der Waals surface area contributed by atoms with Gasteiger partial charge in [0.15, 0.2) is 5.82 Å². The van der Waals surface area contributed by atoms with Crippen LogP contribution in [0.1, 0.15) is 11.4 Å². The van der Waals surface area contributed by atoms with E-state index >= 15 is 0 Å². The number of aryl methyl sites for hydroxylation is 2. The molecule has 0 radical (unpaired) electrons. The van der Waals surface area contributed by atoms with E-state index in [0.717, 1.165) is 63.0 Å². The third kappa shape index (κ3) is 5.25. The molecule has 0 spiro atoms. The second-order valence-corrected chi connectivity index (χ2v) is 6.99. The van der Waals surface area contributed by atoms with Crippen LogP contribution in [-0.2, 0) is 19.5 Å². The number of hydrogen-bond donors (Lipinski definition) is 0.